The zero-order valence-corrected chi connectivity index (χ0v) is 15.5. The van der Waals surface area contributed by atoms with Crippen LogP contribution >= 0.6 is 0 Å². The zero-order valence-electron chi connectivity index (χ0n) is 14.7. The lowest BCUT2D eigenvalue weighted by Crippen LogP contribution is -2.26. The SMILES string of the molecule is Cc1ccc(/C=C/S(=O)(=O)NCC(O)c2ccc(N(C)C)cc2)cc1. The predicted octanol–water partition coefficient (Wildman–Crippen LogP) is 2.68. The smallest absolute Gasteiger partial charge is 0.233 e. The molecule has 2 rings (SSSR count). The average molecular weight is 360 g/mol. The van der Waals surface area contributed by atoms with Crippen molar-refractivity contribution in [3.8, 4) is 0 Å². The van der Waals surface area contributed by atoms with E-state index in [1.54, 1.807) is 12.1 Å². The molecule has 134 valence electrons. The predicted molar refractivity (Wildman–Crippen MR) is 103 cm³/mol. The van der Waals surface area contributed by atoms with Crippen molar-refractivity contribution in [3.63, 3.8) is 0 Å². The van der Waals surface area contributed by atoms with Gasteiger partial charge in [0.15, 0.2) is 0 Å². The number of anilines is 1. The fourth-order valence-corrected chi connectivity index (χ4v) is 3.02. The summed E-state index contributed by atoms with van der Waals surface area (Å²) in [7, 11) is 0.248. The van der Waals surface area contributed by atoms with Gasteiger partial charge in [0.25, 0.3) is 0 Å². The molecular weight excluding hydrogens is 336 g/mol. The largest absolute Gasteiger partial charge is 0.387 e. The number of aryl methyl sites for hydroxylation is 1. The summed E-state index contributed by atoms with van der Waals surface area (Å²) in [5.41, 5.74) is 3.59. The fourth-order valence-electron chi connectivity index (χ4n) is 2.20. The molecule has 0 saturated heterocycles. The molecule has 2 aromatic carbocycles. The molecule has 6 heteroatoms. The number of aliphatic hydroxyl groups is 1. The summed E-state index contributed by atoms with van der Waals surface area (Å²) in [5.74, 6) is 0. The number of rotatable bonds is 7. The van der Waals surface area contributed by atoms with E-state index in [1.165, 1.54) is 6.08 Å². The first-order chi connectivity index (χ1) is 11.8. The Morgan fingerprint density at radius 2 is 1.68 bits per heavy atom. The molecule has 0 saturated carbocycles. The summed E-state index contributed by atoms with van der Waals surface area (Å²) in [5, 5.41) is 11.3. The van der Waals surface area contributed by atoms with Gasteiger partial charge in [0.1, 0.15) is 0 Å². The van der Waals surface area contributed by atoms with Crippen LogP contribution in [0.5, 0.6) is 0 Å². The van der Waals surface area contributed by atoms with Crippen LogP contribution in [0.1, 0.15) is 22.8 Å². The van der Waals surface area contributed by atoms with Crippen molar-refractivity contribution < 1.29 is 13.5 Å². The van der Waals surface area contributed by atoms with E-state index < -0.39 is 16.1 Å². The van der Waals surface area contributed by atoms with Crippen LogP contribution in [0.3, 0.4) is 0 Å². The number of sulfonamides is 1. The van der Waals surface area contributed by atoms with E-state index in [9.17, 15) is 13.5 Å². The average Bonchev–Trinajstić information content (AvgIpc) is 2.59. The quantitative estimate of drug-likeness (QED) is 0.796. The van der Waals surface area contributed by atoms with Crippen molar-refractivity contribution in [3.05, 3.63) is 70.6 Å². The van der Waals surface area contributed by atoms with Crippen LogP contribution in [0.15, 0.2) is 53.9 Å². The summed E-state index contributed by atoms with van der Waals surface area (Å²) in [6.07, 6.45) is 0.624. The monoisotopic (exact) mass is 360 g/mol. The van der Waals surface area contributed by atoms with Gasteiger partial charge in [0, 0.05) is 31.7 Å². The minimum Gasteiger partial charge on any atom is -0.387 e. The van der Waals surface area contributed by atoms with Crippen molar-refractivity contribution in [1.82, 2.24) is 4.72 Å². The van der Waals surface area contributed by atoms with Crippen LogP contribution < -0.4 is 9.62 Å². The Labute approximate surface area is 149 Å². The van der Waals surface area contributed by atoms with E-state index >= 15 is 0 Å². The summed E-state index contributed by atoms with van der Waals surface area (Å²) < 4.78 is 26.5. The van der Waals surface area contributed by atoms with Gasteiger partial charge in [0.2, 0.25) is 10.0 Å². The van der Waals surface area contributed by atoms with Gasteiger partial charge in [-0.1, -0.05) is 42.0 Å². The van der Waals surface area contributed by atoms with Crippen molar-refractivity contribution >= 4 is 21.8 Å². The topological polar surface area (TPSA) is 69.6 Å². The summed E-state index contributed by atoms with van der Waals surface area (Å²) in [6.45, 7) is 1.89. The standard InChI is InChI=1S/C19H24N2O3S/c1-15-4-6-16(7-5-15)12-13-25(23,24)20-14-19(22)17-8-10-18(11-9-17)21(2)3/h4-13,19-20,22H,14H2,1-3H3/b13-12+. The van der Waals surface area contributed by atoms with Crippen LogP contribution in [0, 0.1) is 6.92 Å². The molecule has 0 aromatic heterocycles. The molecule has 0 aliphatic carbocycles. The molecule has 0 radical (unpaired) electrons. The maximum absolute atomic E-state index is 12.0. The lowest BCUT2D eigenvalue weighted by Gasteiger charge is -2.15. The van der Waals surface area contributed by atoms with Gasteiger partial charge < -0.3 is 10.0 Å². The Morgan fingerprint density at radius 1 is 1.08 bits per heavy atom. The van der Waals surface area contributed by atoms with E-state index in [1.807, 2.05) is 62.3 Å². The third-order valence-electron chi connectivity index (χ3n) is 3.79. The third-order valence-corrected chi connectivity index (χ3v) is 4.85. The molecule has 2 N–H and O–H groups in total. The van der Waals surface area contributed by atoms with E-state index in [0.717, 1.165) is 22.2 Å². The first-order valence-electron chi connectivity index (χ1n) is 7.96. The Hall–Kier alpha value is -2.15. The molecule has 0 spiro atoms. The first-order valence-corrected chi connectivity index (χ1v) is 9.51. The summed E-state index contributed by atoms with van der Waals surface area (Å²) in [6, 6.07) is 14.9. The minimum absolute atomic E-state index is 0.0815. The second-order valence-corrected chi connectivity index (χ2v) is 7.76. The highest BCUT2D eigenvalue weighted by Crippen LogP contribution is 2.17. The van der Waals surface area contributed by atoms with Crippen LogP contribution in [-0.2, 0) is 10.0 Å². The highest BCUT2D eigenvalue weighted by Gasteiger charge is 2.12. The maximum atomic E-state index is 12.0. The second-order valence-electron chi connectivity index (χ2n) is 6.11. The van der Waals surface area contributed by atoms with Gasteiger partial charge in [-0.25, -0.2) is 13.1 Å². The molecule has 0 fully saturated rings. The van der Waals surface area contributed by atoms with E-state index in [2.05, 4.69) is 4.72 Å². The summed E-state index contributed by atoms with van der Waals surface area (Å²) >= 11 is 0. The third kappa shape index (κ3) is 6.01. The lowest BCUT2D eigenvalue weighted by molar-refractivity contribution is 0.182. The Bertz CT molecular complexity index is 811. The Balaban J connectivity index is 1.95. The molecule has 1 atom stereocenters. The maximum Gasteiger partial charge on any atom is 0.233 e. The van der Waals surface area contributed by atoms with Crippen LogP contribution in [0.4, 0.5) is 5.69 Å². The van der Waals surface area contributed by atoms with Gasteiger partial charge >= 0.3 is 0 Å². The molecule has 2 aromatic rings. The van der Waals surface area contributed by atoms with Gasteiger partial charge in [0.05, 0.1) is 6.10 Å². The second kappa shape index (κ2) is 8.29. The number of benzene rings is 2. The highest BCUT2D eigenvalue weighted by atomic mass is 32.2. The number of nitrogens with one attached hydrogen (secondary N) is 1. The van der Waals surface area contributed by atoms with Crippen molar-refractivity contribution in [2.45, 2.75) is 13.0 Å². The number of hydrogen-bond acceptors (Lipinski definition) is 4. The fraction of sp³-hybridized carbons (Fsp3) is 0.263. The molecule has 0 bridgehead atoms. The number of aliphatic hydroxyl groups excluding tert-OH is 1. The molecular formula is C19H24N2O3S. The van der Waals surface area contributed by atoms with E-state index in [-0.39, 0.29) is 6.54 Å². The van der Waals surface area contributed by atoms with Gasteiger partial charge in [-0.2, -0.15) is 0 Å². The van der Waals surface area contributed by atoms with Crippen LogP contribution in [0.25, 0.3) is 6.08 Å². The van der Waals surface area contributed by atoms with E-state index in [4.69, 9.17) is 0 Å². The molecule has 1 unspecified atom stereocenters. The first kappa shape index (κ1) is 19.2. The van der Waals surface area contributed by atoms with Crippen LogP contribution in [-0.4, -0.2) is 34.2 Å². The molecule has 0 aliphatic heterocycles. The molecule has 0 heterocycles. The molecule has 0 aliphatic rings. The van der Waals surface area contributed by atoms with Gasteiger partial charge in [-0.3, -0.25) is 0 Å². The Kier molecular flexibility index (Phi) is 6.36. The lowest BCUT2D eigenvalue weighted by atomic mass is 10.1. The normalized spacial score (nSPS) is 13.1. The highest BCUT2D eigenvalue weighted by molar-refractivity contribution is 7.92. The molecule has 0 amide bonds. The molecule has 25 heavy (non-hydrogen) atoms. The van der Waals surface area contributed by atoms with Crippen molar-refractivity contribution in [2.24, 2.45) is 0 Å². The molecule has 5 nitrogen and oxygen atoms in total. The van der Waals surface area contributed by atoms with Crippen molar-refractivity contribution in [1.29, 1.82) is 0 Å². The van der Waals surface area contributed by atoms with Crippen LogP contribution in [0.2, 0.25) is 0 Å². The summed E-state index contributed by atoms with van der Waals surface area (Å²) in [4.78, 5) is 1.95. The Morgan fingerprint density at radius 3 is 2.24 bits per heavy atom. The van der Waals surface area contributed by atoms with E-state index in [0.29, 0.717) is 5.56 Å². The zero-order chi connectivity index (χ0) is 18.4. The minimum atomic E-state index is -3.61. The van der Waals surface area contributed by atoms with Gasteiger partial charge in [-0.15, -0.1) is 0 Å². The number of nitrogens with zero attached hydrogens (tertiary/aromatic N) is 1. The van der Waals surface area contributed by atoms with Crippen molar-refractivity contribution in [2.75, 3.05) is 25.5 Å². The number of hydrogen-bond donors (Lipinski definition) is 2. The van der Waals surface area contributed by atoms with Gasteiger partial charge in [-0.05, 0) is 36.3 Å².